The van der Waals surface area contributed by atoms with Crippen molar-refractivity contribution in [2.45, 2.75) is 154 Å². The Balaban J connectivity index is -0.00000110. The van der Waals surface area contributed by atoms with E-state index in [2.05, 4.69) is 81.9 Å². The molecule has 0 atom stereocenters. The molecule has 30 N–H and O–H groups in total. The lowest BCUT2D eigenvalue weighted by molar-refractivity contribution is 0.636. The summed E-state index contributed by atoms with van der Waals surface area (Å²) in [5.41, 5.74) is 69.4. The third-order valence-corrected chi connectivity index (χ3v) is 10.4. The van der Waals surface area contributed by atoms with Crippen LogP contribution in [0, 0.1) is 29.5 Å². The number of aliphatic imine (C=N–C) groups is 9. The minimum Gasteiger partial charge on any atom is -0.370 e. The number of nitrogens with zero attached hydrogens (tertiary/aromatic N) is 12. The Hall–Kier alpha value is -7.62. The molecule has 0 saturated heterocycles. The minimum absolute atomic E-state index is 0.145. The maximum atomic E-state index is 8.37. The molecule has 444 valence electrons. The number of rotatable bonds is 39. The molecule has 0 heterocycles. The Kier molecular flexibility index (Phi) is 57.6. The van der Waals surface area contributed by atoms with Crippen molar-refractivity contribution in [1.82, 2.24) is 32.0 Å². The molecule has 0 amide bonds. The number of hydrogen-bond acceptors (Lipinski definition) is 12. The monoisotopic (exact) mass is 1100 g/mol. The Labute approximate surface area is 465 Å². The van der Waals surface area contributed by atoms with Crippen molar-refractivity contribution in [1.29, 1.82) is 10.5 Å². The van der Waals surface area contributed by atoms with Gasteiger partial charge in [0.1, 0.15) is 0 Å². The second kappa shape index (κ2) is 60.2. The van der Waals surface area contributed by atoms with Crippen LogP contribution in [0.5, 0.6) is 0 Å². The molecular weight excluding hydrogens is 997 g/mol. The van der Waals surface area contributed by atoms with Crippen molar-refractivity contribution in [3.63, 3.8) is 0 Å². The molecule has 0 unspecified atom stereocenters. The van der Waals surface area contributed by atoms with Gasteiger partial charge in [0.05, 0.1) is 0 Å². The van der Waals surface area contributed by atoms with Gasteiger partial charge in [0.2, 0.25) is 23.8 Å². The fourth-order valence-corrected chi connectivity index (χ4v) is 6.30. The van der Waals surface area contributed by atoms with Crippen molar-refractivity contribution < 1.29 is 0 Å². The predicted molar refractivity (Wildman–Crippen MR) is 323 cm³/mol. The van der Waals surface area contributed by atoms with Gasteiger partial charge in [-0.2, -0.15) is 32.0 Å². The second-order valence-corrected chi connectivity index (χ2v) is 17.3. The summed E-state index contributed by atoms with van der Waals surface area (Å²) in [6, 6.07) is 0. The first-order chi connectivity index (χ1) is 37.8. The van der Waals surface area contributed by atoms with Crippen LogP contribution in [0.25, 0.3) is 4.95 Å². The summed E-state index contributed by atoms with van der Waals surface area (Å²) in [6.07, 6.45) is 28.0. The Bertz CT molecular complexity index is 1820. The van der Waals surface area contributed by atoms with Crippen molar-refractivity contribution in [3.05, 3.63) is 11.5 Å². The maximum Gasteiger partial charge on any atom is 0.259 e. The largest absolute Gasteiger partial charge is 0.370 e. The van der Waals surface area contributed by atoms with Crippen molar-refractivity contribution in [2.24, 2.45) is 114 Å². The van der Waals surface area contributed by atoms with Crippen LogP contribution in [0.4, 0.5) is 0 Å². The van der Waals surface area contributed by atoms with Crippen LogP contribution in [0.3, 0.4) is 0 Å². The number of nitrogens with one attached hydrogen (secondary N) is 6. The van der Waals surface area contributed by atoms with Gasteiger partial charge in [0.25, 0.3) is 5.96 Å². The van der Waals surface area contributed by atoms with Gasteiger partial charge < -0.3 is 79.4 Å². The highest BCUT2D eigenvalue weighted by molar-refractivity contribution is 5.97. The van der Waals surface area contributed by atoms with E-state index < -0.39 is 0 Å². The minimum atomic E-state index is 0.145. The molecule has 0 aliphatic heterocycles. The highest BCUT2D eigenvalue weighted by Gasteiger charge is 2.00. The fraction of sp³-hybridized carbons (Fsp3) is 0.750. The summed E-state index contributed by atoms with van der Waals surface area (Å²) in [6.45, 7) is 14.7. The molecule has 0 aliphatic rings. The number of hydrogen-bond donors (Lipinski definition) is 18. The van der Waals surface area contributed by atoms with Gasteiger partial charge in [-0.3, -0.25) is 45.9 Å². The molecule has 0 bridgehead atoms. The van der Waals surface area contributed by atoms with Crippen LogP contribution in [-0.4, -0.2) is 132 Å². The van der Waals surface area contributed by atoms with E-state index in [9.17, 15) is 0 Å². The summed E-state index contributed by atoms with van der Waals surface area (Å²) in [7, 11) is 0. The molecule has 0 aliphatic carbocycles. The lowest BCUT2D eigenvalue weighted by Gasteiger charge is -2.05. The first kappa shape index (κ1) is 74.6. The number of nitrogens with two attached hydrogens (primary N) is 12. The Morgan fingerprint density at radius 3 is 0.910 bits per heavy atom. The molecule has 0 aromatic heterocycles. The third kappa shape index (κ3) is 62.7. The quantitative estimate of drug-likeness (QED) is 0.00692. The average Bonchev–Trinajstić information content (AvgIpc) is 3.40. The van der Waals surface area contributed by atoms with Gasteiger partial charge >= 0.3 is 0 Å². The molecule has 0 saturated carbocycles. The van der Waals surface area contributed by atoms with Gasteiger partial charge in [0.15, 0.2) is 36.2 Å². The van der Waals surface area contributed by atoms with Crippen LogP contribution in [0.2, 0.25) is 0 Å². The molecule has 0 fully saturated rings. The molecular formula is C48H102N30. The van der Waals surface area contributed by atoms with Gasteiger partial charge in [0, 0.05) is 58.9 Å². The highest BCUT2D eigenvalue weighted by atomic mass is 15.3. The SMILES string of the molecule is N#CNC(N)=NCCCCCCNC(N)=NC(N)=NCCCCCCN.NCCCCCCN=C(N)NC(N)=NCCCCCCN.[C-]#[N+]NC(N)=NCCCCCCNC(N)=NC(N)=NCCCCCCN=C(N)NC#N. The summed E-state index contributed by atoms with van der Waals surface area (Å²) in [5, 5.41) is 30.1. The van der Waals surface area contributed by atoms with Crippen molar-refractivity contribution in [3.8, 4) is 12.4 Å². The summed E-state index contributed by atoms with van der Waals surface area (Å²) in [5.74, 6) is 2.03. The van der Waals surface area contributed by atoms with Crippen LogP contribution in [0.15, 0.2) is 44.9 Å². The summed E-state index contributed by atoms with van der Waals surface area (Å²) >= 11 is 0. The van der Waals surface area contributed by atoms with E-state index in [1.165, 1.54) is 0 Å². The molecule has 30 heteroatoms. The first-order valence-electron chi connectivity index (χ1n) is 27.3. The molecule has 0 spiro atoms. The molecule has 0 aromatic rings. The van der Waals surface area contributed by atoms with Crippen LogP contribution >= 0.6 is 0 Å². The second-order valence-electron chi connectivity index (χ2n) is 17.3. The van der Waals surface area contributed by atoms with Crippen LogP contribution < -0.4 is 101 Å². The van der Waals surface area contributed by atoms with E-state index in [-0.39, 0.29) is 41.7 Å². The number of nitriles is 2. The Morgan fingerprint density at radius 1 is 0.346 bits per heavy atom. The first-order valence-corrected chi connectivity index (χ1v) is 27.3. The van der Waals surface area contributed by atoms with Crippen LogP contribution in [0.1, 0.15) is 154 Å². The lowest BCUT2D eigenvalue weighted by Crippen LogP contribution is -2.41. The van der Waals surface area contributed by atoms with E-state index in [1.807, 2.05) is 0 Å². The van der Waals surface area contributed by atoms with E-state index in [0.29, 0.717) is 64.3 Å². The molecule has 0 aromatic carbocycles. The van der Waals surface area contributed by atoms with E-state index in [4.69, 9.17) is 85.9 Å². The molecule has 0 rings (SSSR count). The molecule has 0 radical (unpaired) electrons. The third-order valence-electron chi connectivity index (χ3n) is 10.4. The van der Waals surface area contributed by atoms with E-state index in [0.717, 1.165) is 180 Å². The normalized spacial score (nSPS) is 12.7. The average molecular weight is 1100 g/mol. The highest BCUT2D eigenvalue weighted by Crippen LogP contribution is 2.03. The fourth-order valence-electron chi connectivity index (χ4n) is 6.30. The van der Waals surface area contributed by atoms with E-state index >= 15 is 0 Å². The maximum absolute atomic E-state index is 8.37. The Morgan fingerprint density at radius 2 is 0.615 bits per heavy atom. The van der Waals surface area contributed by atoms with Crippen LogP contribution in [-0.2, 0) is 0 Å². The number of guanidine groups is 9. The van der Waals surface area contributed by atoms with Gasteiger partial charge in [-0.15, -0.1) is 0 Å². The standard InChI is InChI=1S/C18H35N13.C16H34N10.C14H33N7/c1-24-31-18(23)28-13-9-5-4-8-12-27-17(22)30-16(21)26-11-7-3-2-6-10-25-15(20)29-14-19;17-9-5-1-2-6-11-23-15(20)26-16(21)24-12-8-4-3-7-10-22-14(19)25-13-18;15-9-5-1-3-7-11-19-13(17)21-14(18)20-12-8-4-2-6-10-16/h2-13H2,(H3,20,25,29)(H3,23,28,31)(H5,21,22,26,27,30);1-12,17H2,(H3,19,22,25)(H5,20,21,23,24,26);1-12,15-16H2,(H5,17,18,19,20,21). The molecule has 78 heavy (non-hydrogen) atoms. The van der Waals surface area contributed by atoms with Gasteiger partial charge in [-0.25, -0.2) is 4.99 Å². The molecule has 30 nitrogen and oxygen atoms in total. The summed E-state index contributed by atoms with van der Waals surface area (Å²) < 4.78 is 0. The zero-order valence-electron chi connectivity index (χ0n) is 46.8. The van der Waals surface area contributed by atoms with Gasteiger partial charge in [-0.1, -0.05) is 82.5 Å². The smallest absolute Gasteiger partial charge is 0.259 e. The number of unbranched alkanes of at least 4 members (excludes halogenated alkanes) is 18. The van der Waals surface area contributed by atoms with Crippen molar-refractivity contribution in [2.75, 3.05) is 78.5 Å². The topological polar surface area (TPSA) is 548 Å². The zero-order chi connectivity index (χ0) is 58.4. The summed E-state index contributed by atoms with van der Waals surface area (Å²) in [4.78, 5) is 39.8. The van der Waals surface area contributed by atoms with Gasteiger partial charge in [-0.05, 0) is 96.7 Å². The lowest BCUT2D eigenvalue weighted by atomic mass is 10.2. The van der Waals surface area contributed by atoms with Crippen molar-refractivity contribution >= 4 is 53.6 Å². The zero-order valence-corrected chi connectivity index (χ0v) is 46.8. The van der Waals surface area contributed by atoms with E-state index in [1.54, 1.807) is 12.4 Å². The predicted octanol–water partition coefficient (Wildman–Crippen LogP) is -0.636.